The molecule has 0 amide bonds. The quantitative estimate of drug-likeness (QED) is 0.839. The molecule has 0 aromatic carbocycles. The summed E-state index contributed by atoms with van der Waals surface area (Å²) in [4.78, 5) is 3.92. The van der Waals surface area contributed by atoms with Crippen molar-refractivity contribution in [3.05, 3.63) is 12.5 Å². The number of sulfonamides is 1. The largest absolute Gasteiger partial charge is 0.336 e. The molecule has 0 spiro atoms. The van der Waals surface area contributed by atoms with E-state index in [1.807, 2.05) is 6.92 Å². The van der Waals surface area contributed by atoms with Gasteiger partial charge in [0.05, 0.1) is 6.33 Å². The molecule has 1 aliphatic carbocycles. The maximum absolute atomic E-state index is 12.1. The Morgan fingerprint density at radius 3 is 2.68 bits per heavy atom. The third-order valence-electron chi connectivity index (χ3n) is 3.71. The molecule has 19 heavy (non-hydrogen) atoms. The van der Waals surface area contributed by atoms with Crippen molar-refractivity contribution in [1.29, 1.82) is 0 Å². The first-order valence-electron chi connectivity index (χ1n) is 6.75. The Labute approximate surface area is 114 Å². The van der Waals surface area contributed by atoms with E-state index < -0.39 is 15.6 Å². The van der Waals surface area contributed by atoms with Crippen LogP contribution in [0.15, 0.2) is 17.6 Å². The van der Waals surface area contributed by atoms with Gasteiger partial charge < -0.3 is 10.3 Å². The number of aromatic nitrogens is 2. The first-order chi connectivity index (χ1) is 8.95. The number of rotatable bonds is 5. The number of nitrogens with two attached hydrogens (primary N) is 1. The minimum atomic E-state index is -3.55. The van der Waals surface area contributed by atoms with Crippen LogP contribution >= 0.6 is 0 Å². The highest BCUT2D eigenvalue weighted by molar-refractivity contribution is 7.89. The van der Waals surface area contributed by atoms with Gasteiger partial charge in [-0.3, -0.25) is 0 Å². The predicted molar refractivity (Wildman–Crippen MR) is 73.1 cm³/mol. The molecule has 0 atom stereocenters. The van der Waals surface area contributed by atoms with Gasteiger partial charge in [-0.25, -0.2) is 18.1 Å². The fraction of sp³-hybridized carbons (Fsp3) is 0.750. The average molecular weight is 286 g/mol. The average Bonchev–Trinajstić information content (AvgIpc) is 2.87. The molecule has 0 saturated heterocycles. The van der Waals surface area contributed by atoms with Crippen molar-refractivity contribution < 1.29 is 8.42 Å². The maximum atomic E-state index is 12.1. The van der Waals surface area contributed by atoms with Gasteiger partial charge in [0.25, 0.3) is 10.0 Å². The molecular formula is C12H22N4O2S. The lowest BCUT2D eigenvalue weighted by Crippen LogP contribution is -2.51. The molecule has 0 unspecified atom stereocenters. The maximum Gasteiger partial charge on any atom is 0.259 e. The van der Waals surface area contributed by atoms with Crippen molar-refractivity contribution >= 4 is 10.0 Å². The molecule has 1 aromatic rings. The van der Waals surface area contributed by atoms with Gasteiger partial charge in [0, 0.05) is 24.8 Å². The molecule has 0 aliphatic heterocycles. The molecule has 108 valence electrons. The summed E-state index contributed by atoms with van der Waals surface area (Å²) in [5, 5.41) is 0.0637. The van der Waals surface area contributed by atoms with Crippen molar-refractivity contribution in [3.8, 4) is 0 Å². The summed E-state index contributed by atoms with van der Waals surface area (Å²) in [6, 6.07) is 0. The van der Waals surface area contributed by atoms with Crippen LogP contribution in [-0.4, -0.2) is 30.1 Å². The van der Waals surface area contributed by atoms with E-state index in [0.29, 0.717) is 6.54 Å². The second-order valence-electron chi connectivity index (χ2n) is 5.29. The second-order valence-corrected chi connectivity index (χ2v) is 7.00. The predicted octanol–water partition coefficient (Wildman–Crippen LogP) is 0.843. The number of nitrogens with zero attached hydrogens (tertiary/aromatic N) is 2. The Bertz CT molecular complexity index is 518. The minimum absolute atomic E-state index is 0.0637. The van der Waals surface area contributed by atoms with E-state index in [1.165, 1.54) is 18.9 Å². The zero-order valence-corrected chi connectivity index (χ0v) is 12.1. The third-order valence-corrected chi connectivity index (χ3v) is 5.00. The number of hydrogen-bond acceptors (Lipinski definition) is 4. The van der Waals surface area contributed by atoms with Gasteiger partial charge in [-0.15, -0.1) is 0 Å². The van der Waals surface area contributed by atoms with Crippen LogP contribution in [0.25, 0.3) is 0 Å². The third kappa shape index (κ3) is 3.55. The van der Waals surface area contributed by atoms with Crippen molar-refractivity contribution in [1.82, 2.24) is 14.3 Å². The van der Waals surface area contributed by atoms with Crippen LogP contribution in [0.2, 0.25) is 0 Å². The number of nitrogens with one attached hydrogen (secondary N) is 1. The van der Waals surface area contributed by atoms with Gasteiger partial charge in [0.1, 0.15) is 0 Å². The van der Waals surface area contributed by atoms with Crippen molar-refractivity contribution in [2.75, 3.05) is 6.54 Å². The van der Waals surface area contributed by atoms with E-state index in [-0.39, 0.29) is 11.6 Å². The van der Waals surface area contributed by atoms with E-state index in [1.54, 1.807) is 4.57 Å². The van der Waals surface area contributed by atoms with Crippen molar-refractivity contribution in [3.63, 3.8) is 0 Å². The van der Waals surface area contributed by atoms with Crippen LogP contribution < -0.4 is 10.5 Å². The lowest BCUT2D eigenvalue weighted by Gasteiger charge is -2.33. The summed E-state index contributed by atoms with van der Waals surface area (Å²) in [7, 11) is -3.55. The van der Waals surface area contributed by atoms with Crippen molar-refractivity contribution in [2.24, 2.45) is 5.73 Å². The normalized spacial score (nSPS) is 19.5. The second kappa shape index (κ2) is 5.60. The first kappa shape index (κ1) is 14.5. The number of hydrogen-bond donors (Lipinski definition) is 2. The molecule has 1 saturated carbocycles. The summed E-state index contributed by atoms with van der Waals surface area (Å²) in [6.45, 7) is 2.92. The Morgan fingerprint density at radius 1 is 1.42 bits per heavy atom. The van der Waals surface area contributed by atoms with Crippen LogP contribution in [0.5, 0.6) is 0 Å². The highest BCUT2D eigenvalue weighted by atomic mass is 32.2. The summed E-state index contributed by atoms with van der Waals surface area (Å²) >= 11 is 0. The fourth-order valence-electron chi connectivity index (χ4n) is 2.40. The monoisotopic (exact) mass is 286 g/mol. The molecule has 1 aliphatic rings. The lowest BCUT2D eigenvalue weighted by atomic mass is 9.83. The van der Waals surface area contributed by atoms with Gasteiger partial charge in [0.15, 0.2) is 5.03 Å². The van der Waals surface area contributed by atoms with Crippen LogP contribution in [-0.2, 0) is 16.6 Å². The molecular weight excluding hydrogens is 264 g/mol. The van der Waals surface area contributed by atoms with E-state index >= 15 is 0 Å². The van der Waals surface area contributed by atoms with E-state index in [4.69, 9.17) is 5.73 Å². The summed E-state index contributed by atoms with van der Waals surface area (Å²) in [5.41, 5.74) is 5.82. The van der Waals surface area contributed by atoms with E-state index in [9.17, 15) is 8.42 Å². The SMILES string of the molecule is CCn1cnc(S(=O)(=O)NCC2(N)CCCCC2)c1. The van der Waals surface area contributed by atoms with Gasteiger partial charge in [-0.05, 0) is 19.8 Å². The van der Waals surface area contributed by atoms with Gasteiger partial charge in [-0.2, -0.15) is 0 Å². The molecule has 2 rings (SSSR count). The van der Waals surface area contributed by atoms with Gasteiger partial charge >= 0.3 is 0 Å². The number of aryl methyl sites for hydroxylation is 1. The topological polar surface area (TPSA) is 90.0 Å². The Hall–Kier alpha value is -0.920. The molecule has 0 radical (unpaired) electrons. The highest BCUT2D eigenvalue weighted by Crippen LogP contribution is 2.25. The zero-order chi connectivity index (χ0) is 13.9. The molecule has 1 fully saturated rings. The van der Waals surface area contributed by atoms with Crippen molar-refractivity contribution in [2.45, 2.75) is 56.1 Å². The molecule has 6 nitrogen and oxygen atoms in total. The Kier molecular flexibility index (Phi) is 4.27. The van der Waals surface area contributed by atoms with Crippen LogP contribution in [0.1, 0.15) is 39.0 Å². The fourth-order valence-corrected chi connectivity index (χ4v) is 3.48. The van der Waals surface area contributed by atoms with Crippen LogP contribution in [0.3, 0.4) is 0 Å². The van der Waals surface area contributed by atoms with E-state index in [2.05, 4.69) is 9.71 Å². The molecule has 0 bridgehead atoms. The molecule has 7 heteroatoms. The summed E-state index contributed by atoms with van der Waals surface area (Å²) in [6.07, 6.45) is 8.13. The lowest BCUT2D eigenvalue weighted by molar-refractivity contribution is 0.296. The standard InChI is InChI=1S/C12H22N4O2S/c1-2-16-8-11(14-10-16)19(17,18)15-9-12(13)6-4-3-5-7-12/h8,10,15H,2-7,9,13H2,1H3. The van der Waals surface area contributed by atoms with Gasteiger partial charge in [-0.1, -0.05) is 19.3 Å². The number of imidazole rings is 1. The molecule has 3 N–H and O–H groups in total. The van der Waals surface area contributed by atoms with Gasteiger partial charge in [0.2, 0.25) is 0 Å². The summed E-state index contributed by atoms with van der Waals surface area (Å²) in [5.74, 6) is 0. The highest BCUT2D eigenvalue weighted by Gasteiger charge is 2.29. The Balaban J connectivity index is 2.01. The Morgan fingerprint density at radius 2 is 2.11 bits per heavy atom. The molecule has 1 aromatic heterocycles. The minimum Gasteiger partial charge on any atom is -0.336 e. The smallest absolute Gasteiger partial charge is 0.259 e. The van der Waals surface area contributed by atoms with E-state index in [0.717, 1.165) is 25.7 Å². The molecule has 1 heterocycles. The first-order valence-corrected chi connectivity index (χ1v) is 8.24. The van der Waals surface area contributed by atoms with Crippen LogP contribution in [0, 0.1) is 0 Å². The summed E-state index contributed by atoms with van der Waals surface area (Å²) < 4.78 is 28.5. The van der Waals surface area contributed by atoms with Crippen LogP contribution in [0.4, 0.5) is 0 Å². The zero-order valence-electron chi connectivity index (χ0n) is 11.3.